The Morgan fingerprint density at radius 3 is 0.657 bits per heavy atom. The summed E-state index contributed by atoms with van der Waals surface area (Å²) in [6.07, 6.45) is 9.19. The molecule has 0 amide bonds. The molecular weight excluding hydrogens is 1810 g/mol. The number of rotatable bonds is 24. The fraction of sp³-hybridized carbons (Fsp3) is 0.333. The topological polar surface area (TPSA) is 106 Å². The Hall–Kier alpha value is 0.534. The van der Waals surface area contributed by atoms with Gasteiger partial charge < -0.3 is 29.9 Å². The van der Waals surface area contributed by atoms with E-state index in [1.54, 1.807) is 0 Å². The van der Waals surface area contributed by atoms with Gasteiger partial charge in [-0.3, -0.25) is 0 Å². The van der Waals surface area contributed by atoms with Gasteiger partial charge in [0.05, 0.1) is 81.9 Å². The number of nitrogens with zero attached hydrogens (tertiary/aromatic N) is 8. The van der Waals surface area contributed by atoms with Gasteiger partial charge in [0, 0.05) is 82.5 Å². The van der Waals surface area contributed by atoms with Gasteiger partial charge in [0.1, 0.15) is 7.69 Å². The van der Waals surface area contributed by atoms with Crippen LogP contribution in [0.25, 0.3) is 116 Å². The van der Waals surface area contributed by atoms with E-state index in [1.807, 2.05) is 281 Å². The normalized spacial score (nSPS) is 16.5. The van der Waals surface area contributed by atoms with Crippen LogP contribution in [0.4, 0.5) is 0 Å². The molecule has 6 aliphatic heterocycles. The zero-order chi connectivity index (χ0) is 70.7. The van der Waals surface area contributed by atoms with Crippen molar-refractivity contribution in [1.82, 2.24) is 39.9 Å². The maximum absolute atomic E-state index is 5.68. The molecule has 6 aliphatic rings. The van der Waals surface area contributed by atoms with E-state index in [0.717, 1.165) is 140 Å². The van der Waals surface area contributed by atoms with Crippen molar-refractivity contribution >= 4 is 396 Å². The average Bonchev–Trinajstić information content (AvgIpc) is 1.58. The summed E-state index contributed by atoms with van der Waals surface area (Å²) in [5.41, 5.74) is 4.60. The van der Waals surface area contributed by atoms with Gasteiger partial charge in [-0.2, -0.15) is 0 Å². The van der Waals surface area contributed by atoms with Gasteiger partial charge in [0.25, 0.3) is 0 Å². The van der Waals surface area contributed by atoms with Crippen molar-refractivity contribution < 1.29 is 16.5 Å². The van der Waals surface area contributed by atoms with E-state index in [9.17, 15) is 0 Å². The standard InChI is InChI=1S/C72H64N8S24.Ni/c1-9-17-81-57-58(82-18-10-2)98-69(97-57)65-89-41-25-33-34(26-42(41)90-65)50-73-49(33)77-51-35-27-43-45(93-66(91-43)70-99-59(83-19-11-3)60(100-70)84-20-12-4)29-37(35)53(74-51)79-55-39-31-47-48(96-68(95-47)72-103-63(87-23-15-7)64(104-72)88-24-16-8)32-40(39)56(76-55)80-54-38-30-46-44(28-36(38)52(75-54)78-50)92-67(94-46)71-101-61(85-21-13-5)62(102-71)86-22-14-6;/h25-32H,9-24H2,1-8H3;/q-2;+2. The van der Waals surface area contributed by atoms with Crippen LogP contribution in [0.15, 0.2) is 119 Å². The Bertz CT molecular complexity index is 5140. The van der Waals surface area contributed by atoms with Crippen LogP contribution in [0, 0.1) is 0 Å². The van der Waals surface area contributed by atoms with Crippen molar-refractivity contribution in [2.45, 2.75) is 126 Å². The van der Waals surface area contributed by atoms with Gasteiger partial charge in [0.15, 0.2) is 0 Å². The predicted molar refractivity (Wildman–Crippen MR) is 507 cm³/mol. The van der Waals surface area contributed by atoms with Crippen LogP contribution < -0.4 is 17.7 Å². The molecule has 0 aliphatic carbocycles. The quantitative estimate of drug-likeness (QED) is 0.0535. The number of fused-ring (bicyclic) bond motifs is 24. The number of benzene rings is 4. The van der Waals surface area contributed by atoms with Crippen LogP contribution in [0.5, 0.6) is 0 Å². The molecule has 13 heterocycles. The molecule has 0 radical (unpaired) electrons. The number of aromatic nitrogens is 8. The van der Waals surface area contributed by atoms with Gasteiger partial charge >= 0.3 is 16.5 Å². The minimum absolute atomic E-state index is 0. The Kier molecular flexibility index (Phi) is 27.2. The molecule has 33 heteroatoms. The summed E-state index contributed by atoms with van der Waals surface area (Å²) >= 11 is 46.8. The van der Waals surface area contributed by atoms with Crippen LogP contribution in [-0.4, -0.2) is 75.9 Å². The molecule has 0 saturated carbocycles. The molecule has 17 rings (SSSR count). The van der Waals surface area contributed by atoms with Crippen LogP contribution in [0.2, 0.25) is 0 Å². The minimum Gasteiger partial charge on any atom is -0.357 e. The maximum Gasteiger partial charge on any atom is 2.00 e. The van der Waals surface area contributed by atoms with Crippen molar-refractivity contribution in [2.75, 3.05) is 46.0 Å². The Morgan fingerprint density at radius 1 is 0.248 bits per heavy atom. The fourth-order valence-corrected chi connectivity index (χ4v) is 45.4. The van der Waals surface area contributed by atoms with Gasteiger partial charge in [-0.1, -0.05) is 197 Å². The summed E-state index contributed by atoms with van der Waals surface area (Å²) in [6.45, 7) is 18.2. The van der Waals surface area contributed by atoms with Crippen LogP contribution in [-0.2, 0) is 16.5 Å². The van der Waals surface area contributed by atoms with Crippen LogP contribution in [0.3, 0.4) is 0 Å². The maximum atomic E-state index is 5.68. The molecule has 0 saturated heterocycles. The smallest absolute Gasteiger partial charge is 0.357 e. The fourth-order valence-electron chi connectivity index (χ4n) is 11.2. The van der Waals surface area contributed by atoms with E-state index in [0.29, 0.717) is 45.2 Å². The van der Waals surface area contributed by atoms with Crippen molar-refractivity contribution in [2.24, 2.45) is 0 Å². The summed E-state index contributed by atoms with van der Waals surface area (Å²) in [7, 11) is 0. The first-order valence-corrected chi connectivity index (χ1v) is 55.3. The third-order valence-corrected chi connectivity index (χ3v) is 51.8. The molecule has 8 nitrogen and oxygen atoms in total. The Balaban J connectivity index is 0.00000847. The van der Waals surface area contributed by atoms with Gasteiger partial charge in [-0.05, 0) is 167 Å². The summed E-state index contributed by atoms with van der Waals surface area (Å²) in [5.74, 6) is 8.95. The van der Waals surface area contributed by atoms with Crippen LogP contribution in [0.1, 0.15) is 107 Å². The summed E-state index contributed by atoms with van der Waals surface area (Å²) in [5, 5.41) is 7.44. The molecule has 546 valence electrons. The first kappa shape index (κ1) is 79.4. The largest absolute Gasteiger partial charge is 2.00 e. The van der Waals surface area contributed by atoms with E-state index < -0.39 is 0 Å². The van der Waals surface area contributed by atoms with Crippen molar-refractivity contribution in [3.05, 3.63) is 107 Å². The van der Waals surface area contributed by atoms with Crippen molar-refractivity contribution in [3.63, 3.8) is 0 Å². The molecule has 4 aromatic carbocycles. The molecule has 0 N–H and O–H groups in total. The van der Waals surface area contributed by atoms with E-state index in [4.69, 9.17) is 39.9 Å². The summed E-state index contributed by atoms with van der Waals surface area (Å²) in [6, 6.07) is 18.6. The van der Waals surface area contributed by atoms with E-state index in [-0.39, 0.29) is 16.5 Å². The zero-order valence-corrected chi connectivity index (χ0v) is 78.2. The van der Waals surface area contributed by atoms with E-state index >= 15 is 0 Å². The molecule has 0 unspecified atom stereocenters. The SMILES string of the molecule is CCCSC1=C(SCCC)SC(=C2Sc3cc4c5nc6nc(nc7[n-]c(nc8nc(nc([n-]5)c4cc3S2)c2cc3sc(=C4SC(SCCC)=C(SCCC)S4)sc3cc82)c2cc3c(cc72)SC(=C2SC(SCCC)=C(SCCC)S2)S3)c2cc3sc(=C4SC(SCCC)=C(SCCC)S4)sc3cc62)S1.[Ni+2]. The summed E-state index contributed by atoms with van der Waals surface area (Å²) in [4.78, 5) is 49.7. The average molecular weight is 1870 g/mol. The molecule has 0 fully saturated rings. The molecule has 105 heavy (non-hydrogen) atoms. The predicted octanol–water partition coefficient (Wildman–Crippen LogP) is 29.8. The number of hydrogen-bond donors (Lipinski definition) is 0. The molecule has 0 atom stereocenters. The second-order valence-corrected chi connectivity index (χ2v) is 53.4. The van der Waals surface area contributed by atoms with Crippen molar-refractivity contribution in [1.29, 1.82) is 0 Å². The summed E-state index contributed by atoms with van der Waals surface area (Å²) < 4.78 is 27.2. The molecule has 11 aromatic rings. The minimum atomic E-state index is 0. The van der Waals surface area contributed by atoms with E-state index in [2.05, 4.69) is 104 Å². The molecule has 8 bridgehead atoms. The number of thioether (sulfide) groups is 20. The Labute approximate surface area is 721 Å². The third-order valence-electron chi connectivity index (χ3n) is 15.9. The van der Waals surface area contributed by atoms with Gasteiger partial charge in [0.2, 0.25) is 0 Å². The monoisotopic (exact) mass is 1870 g/mol. The second kappa shape index (κ2) is 36.0. The van der Waals surface area contributed by atoms with E-state index in [1.165, 1.54) is 105 Å². The number of hydrogen-bond acceptors (Lipinski definition) is 30. The first-order valence-electron chi connectivity index (χ1n) is 34.3. The second-order valence-electron chi connectivity index (χ2n) is 23.9. The molecule has 0 spiro atoms. The Morgan fingerprint density at radius 2 is 0.448 bits per heavy atom. The molecular formula is C72H64N8NiS24. The third kappa shape index (κ3) is 16.7. The first-order chi connectivity index (χ1) is 51.1. The zero-order valence-electron chi connectivity index (χ0n) is 57.6. The van der Waals surface area contributed by atoms with Crippen molar-refractivity contribution in [3.8, 4) is 0 Å². The van der Waals surface area contributed by atoms with Gasteiger partial charge in [-0.25, -0.2) is 9.97 Å². The van der Waals surface area contributed by atoms with Crippen LogP contribution >= 0.6 is 281 Å². The molecule has 7 aromatic heterocycles. The van der Waals surface area contributed by atoms with Gasteiger partial charge in [-0.15, -0.1) is 139 Å².